The van der Waals surface area contributed by atoms with Gasteiger partial charge in [-0.05, 0) is 69.0 Å². The van der Waals surface area contributed by atoms with Gasteiger partial charge in [-0.3, -0.25) is 4.79 Å². The van der Waals surface area contributed by atoms with Crippen LogP contribution in [0.25, 0.3) is 0 Å². The van der Waals surface area contributed by atoms with Crippen LogP contribution >= 0.6 is 0 Å². The minimum Gasteiger partial charge on any atom is -0.372 e. The van der Waals surface area contributed by atoms with Crippen molar-refractivity contribution in [3.05, 3.63) is 41.6 Å². The molecule has 146 valence electrons. The fraction of sp³-hybridized carbons (Fsp3) is 0.476. The van der Waals surface area contributed by atoms with Gasteiger partial charge < -0.3 is 15.5 Å². The number of carbonyl (C=O) groups is 1. The van der Waals surface area contributed by atoms with Gasteiger partial charge >= 0.3 is 0 Å². The van der Waals surface area contributed by atoms with E-state index >= 15 is 0 Å². The summed E-state index contributed by atoms with van der Waals surface area (Å²) in [7, 11) is 0. The number of hydrogen-bond donors (Lipinski definition) is 2. The number of benzene rings is 1. The Hall–Kier alpha value is -2.63. The van der Waals surface area contributed by atoms with Gasteiger partial charge in [0.15, 0.2) is 11.5 Å². The average Bonchev–Trinajstić information content (AvgIpc) is 2.65. The molecule has 2 rings (SSSR count). The molecule has 1 heterocycles. The van der Waals surface area contributed by atoms with Crippen LogP contribution in [0.4, 0.5) is 17.2 Å². The summed E-state index contributed by atoms with van der Waals surface area (Å²) in [6, 6.07) is 9.80. The molecule has 0 saturated carbocycles. The normalized spacial score (nSPS) is 10.7. The predicted octanol–water partition coefficient (Wildman–Crippen LogP) is 4.15. The number of hydrogen-bond acceptors (Lipinski definition) is 5. The van der Waals surface area contributed by atoms with Gasteiger partial charge in [0.1, 0.15) is 0 Å². The van der Waals surface area contributed by atoms with E-state index in [1.807, 2.05) is 0 Å². The van der Waals surface area contributed by atoms with E-state index < -0.39 is 0 Å². The Morgan fingerprint density at radius 3 is 2.41 bits per heavy atom. The van der Waals surface area contributed by atoms with Crippen LogP contribution in [-0.4, -0.2) is 35.7 Å². The molecule has 0 bridgehead atoms. The summed E-state index contributed by atoms with van der Waals surface area (Å²) in [6.45, 7) is 13.2. The lowest BCUT2D eigenvalue weighted by Crippen LogP contribution is -2.26. The van der Waals surface area contributed by atoms with Crippen molar-refractivity contribution >= 4 is 23.1 Å². The highest BCUT2D eigenvalue weighted by molar-refractivity contribution is 5.92. The molecule has 0 spiro atoms. The first kappa shape index (κ1) is 20.7. The molecule has 0 aliphatic rings. The topological polar surface area (TPSA) is 70.2 Å². The van der Waals surface area contributed by atoms with Crippen molar-refractivity contribution in [2.45, 2.75) is 41.0 Å². The monoisotopic (exact) mass is 369 g/mol. The summed E-state index contributed by atoms with van der Waals surface area (Å²) in [5, 5.41) is 14.3. The molecule has 0 unspecified atom stereocenters. The lowest BCUT2D eigenvalue weighted by Gasteiger charge is -2.22. The lowest BCUT2D eigenvalue weighted by molar-refractivity contribution is 0.0946. The standard InChI is InChI=1S/C21H31N5O/c1-6-26(7-2)17-8-9-18(16(5)14-17)23-20-11-10-19(24-25-20)21(27)22-13-12-15(3)4/h8-11,14-15H,6-7,12-13H2,1-5H3,(H,22,27)(H,23,25). The number of aryl methyl sites for hydroxylation is 1. The van der Waals surface area contributed by atoms with Crippen molar-refractivity contribution in [1.82, 2.24) is 15.5 Å². The Labute approximate surface area is 162 Å². The molecule has 0 aliphatic heterocycles. The molecule has 6 heteroatoms. The van der Waals surface area contributed by atoms with E-state index in [0.717, 1.165) is 30.8 Å². The molecule has 1 aromatic carbocycles. The van der Waals surface area contributed by atoms with Crippen molar-refractivity contribution in [2.24, 2.45) is 5.92 Å². The second-order valence-corrected chi connectivity index (χ2v) is 7.04. The molecule has 0 atom stereocenters. The maximum atomic E-state index is 12.1. The molecular formula is C21H31N5O. The van der Waals surface area contributed by atoms with Gasteiger partial charge in [0.2, 0.25) is 0 Å². The van der Waals surface area contributed by atoms with Crippen LogP contribution in [0.5, 0.6) is 0 Å². The van der Waals surface area contributed by atoms with Crippen LogP contribution in [0.1, 0.15) is 50.2 Å². The highest BCUT2D eigenvalue weighted by atomic mass is 16.1. The number of carbonyl (C=O) groups excluding carboxylic acids is 1. The minimum atomic E-state index is -0.186. The number of anilines is 3. The summed E-state index contributed by atoms with van der Waals surface area (Å²) in [4.78, 5) is 14.4. The summed E-state index contributed by atoms with van der Waals surface area (Å²) >= 11 is 0. The fourth-order valence-corrected chi connectivity index (χ4v) is 2.80. The molecule has 2 N–H and O–H groups in total. The number of rotatable bonds is 9. The van der Waals surface area contributed by atoms with Gasteiger partial charge in [-0.2, -0.15) is 0 Å². The van der Waals surface area contributed by atoms with Gasteiger partial charge in [0, 0.05) is 31.0 Å². The van der Waals surface area contributed by atoms with Crippen molar-refractivity contribution in [3.8, 4) is 0 Å². The highest BCUT2D eigenvalue weighted by Gasteiger charge is 2.09. The second kappa shape index (κ2) is 9.90. The van der Waals surface area contributed by atoms with Crippen molar-refractivity contribution < 1.29 is 4.79 Å². The average molecular weight is 370 g/mol. The van der Waals surface area contributed by atoms with E-state index in [9.17, 15) is 4.79 Å². The van der Waals surface area contributed by atoms with Crippen molar-refractivity contribution in [3.63, 3.8) is 0 Å². The van der Waals surface area contributed by atoms with Crippen LogP contribution in [0.15, 0.2) is 30.3 Å². The SMILES string of the molecule is CCN(CC)c1ccc(Nc2ccc(C(=O)NCCC(C)C)nn2)c(C)c1. The van der Waals surface area contributed by atoms with E-state index in [1.54, 1.807) is 12.1 Å². The van der Waals surface area contributed by atoms with Gasteiger partial charge in [0.25, 0.3) is 5.91 Å². The largest absolute Gasteiger partial charge is 0.372 e. The smallest absolute Gasteiger partial charge is 0.271 e. The third kappa shape index (κ3) is 5.94. The third-order valence-corrected chi connectivity index (χ3v) is 4.51. The zero-order chi connectivity index (χ0) is 19.8. The number of nitrogens with zero attached hydrogens (tertiary/aromatic N) is 3. The van der Waals surface area contributed by atoms with E-state index in [4.69, 9.17) is 0 Å². The van der Waals surface area contributed by atoms with Gasteiger partial charge in [-0.15, -0.1) is 10.2 Å². The maximum Gasteiger partial charge on any atom is 0.271 e. The van der Waals surface area contributed by atoms with Crippen LogP contribution in [-0.2, 0) is 0 Å². The number of aromatic nitrogens is 2. The van der Waals surface area contributed by atoms with E-state index in [1.165, 1.54) is 5.69 Å². The summed E-state index contributed by atoms with van der Waals surface area (Å²) in [6.07, 6.45) is 0.946. The van der Waals surface area contributed by atoms with Crippen LogP contribution in [0.3, 0.4) is 0 Å². The summed E-state index contributed by atoms with van der Waals surface area (Å²) < 4.78 is 0. The van der Waals surface area contributed by atoms with E-state index in [-0.39, 0.29) is 5.91 Å². The van der Waals surface area contributed by atoms with Crippen molar-refractivity contribution in [2.75, 3.05) is 29.9 Å². The van der Waals surface area contributed by atoms with E-state index in [2.05, 4.69) is 78.5 Å². The molecule has 0 fully saturated rings. The minimum absolute atomic E-state index is 0.186. The molecule has 0 aliphatic carbocycles. The van der Waals surface area contributed by atoms with Crippen LogP contribution in [0.2, 0.25) is 0 Å². The van der Waals surface area contributed by atoms with Crippen molar-refractivity contribution in [1.29, 1.82) is 0 Å². The molecule has 1 amide bonds. The number of nitrogens with one attached hydrogen (secondary N) is 2. The Morgan fingerprint density at radius 1 is 1.11 bits per heavy atom. The van der Waals surface area contributed by atoms with Crippen LogP contribution < -0.4 is 15.5 Å². The molecule has 1 aromatic heterocycles. The summed E-state index contributed by atoms with van der Waals surface area (Å²) in [5.74, 6) is 0.987. The van der Waals surface area contributed by atoms with E-state index in [0.29, 0.717) is 24.0 Å². The zero-order valence-electron chi connectivity index (χ0n) is 17.0. The molecule has 27 heavy (non-hydrogen) atoms. The lowest BCUT2D eigenvalue weighted by atomic mass is 10.1. The Balaban J connectivity index is 2.01. The maximum absolute atomic E-state index is 12.1. The molecule has 0 radical (unpaired) electrons. The molecule has 2 aromatic rings. The molecular weight excluding hydrogens is 338 g/mol. The highest BCUT2D eigenvalue weighted by Crippen LogP contribution is 2.24. The second-order valence-electron chi connectivity index (χ2n) is 7.04. The number of amides is 1. The first-order chi connectivity index (χ1) is 12.9. The van der Waals surface area contributed by atoms with Gasteiger partial charge in [-0.25, -0.2) is 0 Å². The molecule has 6 nitrogen and oxygen atoms in total. The zero-order valence-corrected chi connectivity index (χ0v) is 17.0. The Kier molecular flexibility index (Phi) is 7.58. The van der Waals surface area contributed by atoms with Gasteiger partial charge in [-0.1, -0.05) is 13.8 Å². The first-order valence-electron chi connectivity index (χ1n) is 9.69. The Bertz CT molecular complexity index is 739. The predicted molar refractivity (Wildman–Crippen MR) is 112 cm³/mol. The first-order valence-corrected chi connectivity index (χ1v) is 9.69. The fourth-order valence-electron chi connectivity index (χ4n) is 2.80. The Morgan fingerprint density at radius 2 is 1.85 bits per heavy atom. The third-order valence-electron chi connectivity index (χ3n) is 4.51. The van der Waals surface area contributed by atoms with Crippen LogP contribution in [0, 0.1) is 12.8 Å². The molecule has 0 saturated heterocycles. The quantitative estimate of drug-likeness (QED) is 0.695. The van der Waals surface area contributed by atoms with Gasteiger partial charge in [0.05, 0.1) is 0 Å². The summed E-state index contributed by atoms with van der Waals surface area (Å²) in [5.41, 5.74) is 3.66.